The molecule has 7 heteroatoms. The topological polar surface area (TPSA) is 56.7 Å². The SMILES string of the molecule is Cn1c(-c2ccccc2C(F)(F)F)nnc1C12CCC(N)(CC1)CC2. The summed E-state index contributed by atoms with van der Waals surface area (Å²) in [5.41, 5.74) is 5.60. The van der Waals surface area contributed by atoms with Crippen LogP contribution in [0.25, 0.3) is 11.4 Å². The van der Waals surface area contributed by atoms with E-state index in [1.165, 1.54) is 12.1 Å². The van der Waals surface area contributed by atoms with Gasteiger partial charge in [0.05, 0.1) is 5.56 Å². The number of rotatable bonds is 2. The highest BCUT2D eigenvalue weighted by Crippen LogP contribution is 2.52. The number of halogens is 3. The summed E-state index contributed by atoms with van der Waals surface area (Å²) in [6, 6.07) is 5.54. The maximum Gasteiger partial charge on any atom is 0.417 e. The van der Waals surface area contributed by atoms with Crippen LogP contribution >= 0.6 is 0 Å². The van der Waals surface area contributed by atoms with Crippen molar-refractivity contribution in [2.24, 2.45) is 12.8 Å². The molecular weight excluding hydrogens is 329 g/mol. The lowest BCUT2D eigenvalue weighted by molar-refractivity contribution is -0.137. The van der Waals surface area contributed by atoms with Gasteiger partial charge in [0.25, 0.3) is 0 Å². The second-order valence-electron chi connectivity index (χ2n) is 7.59. The van der Waals surface area contributed by atoms with Crippen LogP contribution in [0.1, 0.15) is 49.9 Å². The lowest BCUT2D eigenvalue weighted by Crippen LogP contribution is -2.54. The van der Waals surface area contributed by atoms with Crippen molar-refractivity contribution in [3.8, 4) is 11.4 Å². The number of aromatic nitrogens is 3. The van der Waals surface area contributed by atoms with Crippen molar-refractivity contribution in [1.29, 1.82) is 0 Å². The third-order valence-electron chi connectivity index (χ3n) is 6.13. The highest BCUT2D eigenvalue weighted by atomic mass is 19.4. The van der Waals surface area contributed by atoms with Crippen LogP contribution in [0.3, 0.4) is 0 Å². The summed E-state index contributed by atoms with van der Waals surface area (Å²) < 4.78 is 41.8. The van der Waals surface area contributed by atoms with E-state index in [1.54, 1.807) is 17.7 Å². The molecule has 1 aromatic carbocycles. The van der Waals surface area contributed by atoms with Crippen LogP contribution < -0.4 is 5.73 Å². The Balaban J connectivity index is 1.77. The van der Waals surface area contributed by atoms with E-state index in [2.05, 4.69) is 10.2 Å². The van der Waals surface area contributed by atoms with Crippen LogP contribution in [-0.4, -0.2) is 20.3 Å². The largest absolute Gasteiger partial charge is 0.417 e. The molecule has 0 saturated heterocycles. The van der Waals surface area contributed by atoms with Crippen LogP contribution in [-0.2, 0) is 18.6 Å². The molecule has 134 valence electrons. The first-order valence-corrected chi connectivity index (χ1v) is 8.60. The minimum atomic E-state index is -4.42. The summed E-state index contributed by atoms with van der Waals surface area (Å²) in [6.45, 7) is 0. The molecular formula is C18H21F3N4. The molecule has 0 aliphatic heterocycles. The number of alkyl halides is 3. The van der Waals surface area contributed by atoms with Crippen molar-refractivity contribution in [2.75, 3.05) is 0 Å². The molecule has 0 radical (unpaired) electrons. The molecule has 1 heterocycles. The molecule has 0 spiro atoms. The Labute approximate surface area is 144 Å². The van der Waals surface area contributed by atoms with Crippen LogP contribution in [0.2, 0.25) is 0 Å². The zero-order chi connectivity index (χ0) is 17.9. The van der Waals surface area contributed by atoms with E-state index in [0.717, 1.165) is 50.4 Å². The second kappa shape index (κ2) is 5.30. The zero-order valence-corrected chi connectivity index (χ0v) is 14.1. The minimum Gasteiger partial charge on any atom is -0.325 e. The molecule has 0 atom stereocenters. The van der Waals surface area contributed by atoms with E-state index in [-0.39, 0.29) is 22.3 Å². The quantitative estimate of drug-likeness (QED) is 0.896. The Bertz CT molecular complexity index is 784. The fourth-order valence-corrected chi connectivity index (χ4v) is 4.50. The van der Waals surface area contributed by atoms with Crippen LogP contribution in [0.5, 0.6) is 0 Å². The van der Waals surface area contributed by atoms with Crippen molar-refractivity contribution in [3.63, 3.8) is 0 Å². The van der Waals surface area contributed by atoms with Gasteiger partial charge >= 0.3 is 6.18 Å². The highest BCUT2D eigenvalue weighted by molar-refractivity contribution is 5.61. The summed E-state index contributed by atoms with van der Waals surface area (Å²) in [6.07, 6.45) is 1.18. The Morgan fingerprint density at radius 1 is 1.00 bits per heavy atom. The molecule has 2 bridgehead atoms. The van der Waals surface area contributed by atoms with Crippen molar-refractivity contribution >= 4 is 0 Å². The zero-order valence-electron chi connectivity index (χ0n) is 14.1. The Hall–Kier alpha value is -1.89. The molecule has 2 aromatic rings. The van der Waals surface area contributed by atoms with Gasteiger partial charge < -0.3 is 10.3 Å². The van der Waals surface area contributed by atoms with E-state index in [1.807, 2.05) is 0 Å². The van der Waals surface area contributed by atoms with Crippen molar-refractivity contribution < 1.29 is 13.2 Å². The minimum absolute atomic E-state index is 0.0634. The highest BCUT2D eigenvalue weighted by Gasteiger charge is 2.50. The molecule has 1 aromatic heterocycles. The molecule has 0 unspecified atom stereocenters. The molecule has 5 rings (SSSR count). The van der Waals surface area contributed by atoms with Crippen LogP contribution in [0.4, 0.5) is 13.2 Å². The average molecular weight is 350 g/mol. The molecule has 3 fully saturated rings. The van der Waals surface area contributed by atoms with Gasteiger partial charge in [0.2, 0.25) is 0 Å². The number of hydrogen-bond acceptors (Lipinski definition) is 3. The first-order valence-electron chi connectivity index (χ1n) is 8.60. The van der Waals surface area contributed by atoms with Gasteiger partial charge in [-0.05, 0) is 44.6 Å². The number of nitrogens with zero attached hydrogens (tertiary/aromatic N) is 3. The summed E-state index contributed by atoms with van der Waals surface area (Å²) in [5, 5.41) is 8.48. The first kappa shape index (κ1) is 16.6. The smallest absolute Gasteiger partial charge is 0.325 e. The number of nitrogens with two attached hydrogens (primary N) is 1. The third-order valence-corrected chi connectivity index (χ3v) is 6.13. The summed E-state index contributed by atoms with van der Waals surface area (Å²) in [7, 11) is 1.77. The summed E-state index contributed by atoms with van der Waals surface area (Å²) >= 11 is 0. The van der Waals surface area contributed by atoms with E-state index >= 15 is 0 Å². The lowest BCUT2D eigenvalue weighted by atomic mass is 9.57. The van der Waals surface area contributed by atoms with Crippen molar-refractivity contribution in [1.82, 2.24) is 14.8 Å². The number of hydrogen-bond donors (Lipinski definition) is 1. The molecule has 3 aliphatic carbocycles. The predicted octanol–water partition coefficient (Wildman–Crippen LogP) is 3.80. The van der Waals surface area contributed by atoms with Crippen LogP contribution in [0, 0.1) is 0 Å². The predicted molar refractivity (Wildman–Crippen MR) is 87.7 cm³/mol. The third kappa shape index (κ3) is 2.56. The number of fused-ring (bicyclic) bond motifs is 3. The number of benzene rings is 1. The Morgan fingerprint density at radius 3 is 2.20 bits per heavy atom. The van der Waals surface area contributed by atoms with Gasteiger partial charge in [-0.2, -0.15) is 13.2 Å². The molecule has 4 nitrogen and oxygen atoms in total. The van der Waals surface area contributed by atoms with Gasteiger partial charge in [0.1, 0.15) is 5.82 Å². The van der Waals surface area contributed by atoms with Crippen molar-refractivity contribution in [2.45, 2.75) is 55.7 Å². The van der Waals surface area contributed by atoms with E-state index < -0.39 is 11.7 Å². The van der Waals surface area contributed by atoms with Crippen LogP contribution in [0.15, 0.2) is 24.3 Å². The standard InChI is InChI=1S/C18H21F3N4/c1-25-14(12-4-2-3-5-13(12)18(19,20)21)23-24-15(25)16-6-9-17(22,10-7-16)11-8-16/h2-5H,6-11,22H2,1H3. The van der Waals surface area contributed by atoms with Gasteiger partial charge in [0.15, 0.2) is 5.82 Å². The van der Waals surface area contributed by atoms with Gasteiger partial charge in [-0.25, -0.2) is 0 Å². The summed E-state index contributed by atoms with van der Waals surface area (Å²) in [4.78, 5) is 0. The molecule has 3 aliphatic rings. The molecule has 3 saturated carbocycles. The maximum atomic E-state index is 13.3. The Kier molecular flexibility index (Phi) is 3.51. The van der Waals surface area contributed by atoms with E-state index in [4.69, 9.17) is 5.73 Å². The maximum absolute atomic E-state index is 13.3. The summed E-state index contributed by atoms with van der Waals surface area (Å²) in [5.74, 6) is 1.06. The first-order chi connectivity index (χ1) is 11.7. The fraction of sp³-hybridized carbons (Fsp3) is 0.556. The van der Waals surface area contributed by atoms with Gasteiger partial charge in [-0.15, -0.1) is 10.2 Å². The second-order valence-corrected chi connectivity index (χ2v) is 7.59. The normalized spacial score (nSPS) is 29.2. The van der Waals surface area contributed by atoms with E-state index in [0.29, 0.717) is 0 Å². The molecule has 25 heavy (non-hydrogen) atoms. The average Bonchev–Trinajstić information content (AvgIpc) is 2.97. The van der Waals surface area contributed by atoms with Gasteiger partial charge in [0, 0.05) is 23.6 Å². The molecule has 2 N–H and O–H groups in total. The van der Waals surface area contributed by atoms with E-state index in [9.17, 15) is 13.2 Å². The Morgan fingerprint density at radius 2 is 1.60 bits per heavy atom. The fourth-order valence-electron chi connectivity index (χ4n) is 4.50. The van der Waals surface area contributed by atoms with Gasteiger partial charge in [-0.1, -0.05) is 18.2 Å². The van der Waals surface area contributed by atoms with Gasteiger partial charge in [-0.3, -0.25) is 0 Å². The van der Waals surface area contributed by atoms with Crippen molar-refractivity contribution in [3.05, 3.63) is 35.7 Å². The molecule has 0 amide bonds. The monoisotopic (exact) mass is 350 g/mol. The lowest BCUT2D eigenvalue weighted by Gasteiger charge is -2.51.